The summed E-state index contributed by atoms with van der Waals surface area (Å²) in [6.45, 7) is 0.0910. The third kappa shape index (κ3) is 2.23. The van der Waals surface area contributed by atoms with Crippen LogP contribution in [0.15, 0.2) is 35.0 Å². The molecular formula is C19H18FN7O2. The Morgan fingerprint density at radius 2 is 1.93 bits per heavy atom. The van der Waals surface area contributed by atoms with E-state index < -0.39 is 5.60 Å². The van der Waals surface area contributed by atoms with E-state index in [1.807, 2.05) is 29.2 Å². The van der Waals surface area contributed by atoms with Gasteiger partial charge >= 0.3 is 0 Å². The molecule has 3 aromatic rings. The molecule has 4 heterocycles. The third-order valence-corrected chi connectivity index (χ3v) is 5.95. The van der Waals surface area contributed by atoms with Crippen molar-refractivity contribution < 1.29 is 13.7 Å². The van der Waals surface area contributed by atoms with Crippen LogP contribution in [0.3, 0.4) is 0 Å². The molecule has 0 N–H and O–H groups in total. The summed E-state index contributed by atoms with van der Waals surface area (Å²) in [6, 6.07) is 7.72. The number of anilines is 1. The Bertz CT molecular complexity index is 1130. The Morgan fingerprint density at radius 3 is 2.76 bits per heavy atom. The maximum absolute atomic E-state index is 14.2. The molecule has 10 heteroatoms. The minimum Gasteiger partial charge on any atom is -0.368 e. The van der Waals surface area contributed by atoms with Crippen molar-refractivity contribution in [2.45, 2.75) is 31.3 Å². The van der Waals surface area contributed by atoms with Crippen LogP contribution in [0.5, 0.6) is 0 Å². The lowest BCUT2D eigenvalue weighted by atomic mass is 10.0. The second kappa shape index (κ2) is 5.86. The maximum Gasteiger partial charge on any atom is 0.259 e. The van der Waals surface area contributed by atoms with Crippen LogP contribution in [-0.2, 0) is 10.3 Å². The van der Waals surface area contributed by atoms with Gasteiger partial charge in [0.1, 0.15) is 18.1 Å². The van der Waals surface area contributed by atoms with Gasteiger partial charge in [0.15, 0.2) is 5.82 Å². The Labute approximate surface area is 165 Å². The lowest BCUT2D eigenvalue weighted by Crippen LogP contribution is -2.28. The van der Waals surface area contributed by atoms with Gasteiger partial charge in [-0.3, -0.25) is 4.57 Å². The molecule has 29 heavy (non-hydrogen) atoms. The monoisotopic (exact) mass is 395 g/mol. The average Bonchev–Trinajstić information content (AvgIpc) is 3.51. The number of nitrogens with zero attached hydrogens (tertiary/aromatic N) is 7. The molecule has 3 aliphatic rings. The fraction of sp³-hybridized carbons (Fsp3) is 0.368. The van der Waals surface area contributed by atoms with Gasteiger partial charge in [-0.25, -0.2) is 0 Å². The molecule has 148 valence electrons. The van der Waals surface area contributed by atoms with Crippen molar-refractivity contribution in [3.63, 3.8) is 0 Å². The summed E-state index contributed by atoms with van der Waals surface area (Å²) in [6.07, 6.45) is 5.20. The number of hydrogen-bond donors (Lipinski definition) is 0. The molecule has 1 aromatic carbocycles. The average molecular weight is 395 g/mol. The van der Waals surface area contributed by atoms with E-state index in [0.29, 0.717) is 34.3 Å². The molecule has 0 spiro atoms. The van der Waals surface area contributed by atoms with Crippen molar-refractivity contribution >= 4 is 11.5 Å². The van der Waals surface area contributed by atoms with Crippen LogP contribution in [-0.4, -0.2) is 43.8 Å². The zero-order valence-corrected chi connectivity index (χ0v) is 15.7. The highest BCUT2D eigenvalue weighted by Crippen LogP contribution is 2.44. The largest absolute Gasteiger partial charge is 0.368 e. The van der Waals surface area contributed by atoms with E-state index in [0.717, 1.165) is 36.9 Å². The fourth-order valence-corrected chi connectivity index (χ4v) is 4.49. The van der Waals surface area contributed by atoms with Gasteiger partial charge in [-0.2, -0.15) is 10.1 Å². The van der Waals surface area contributed by atoms with E-state index >= 15 is 0 Å². The predicted octanol–water partition coefficient (Wildman–Crippen LogP) is 3.14. The molecule has 2 aromatic heterocycles. The minimum atomic E-state index is -0.545. The fourth-order valence-electron chi connectivity index (χ4n) is 4.49. The lowest BCUT2D eigenvalue weighted by molar-refractivity contribution is -0.0342. The maximum atomic E-state index is 14.2. The molecular weight excluding hydrogens is 377 g/mol. The zero-order chi connectivity index (χ0) is 19.6. The number of fused-ring (bicyclic) bond motifs is 6. The van der Waals surface area contributed by atoms with Crippen molar-refractivity contribution in [3.05, 3.63) is 36.4 Å². The second-order valence-corrected chi connectivity index (χ2v) is 7.48. The summed E-state index contributed by atoms with van der Waals surface area (Å²) >= 11 is 0. The number of para-hydroxylation sites is 1. The van der Waals surface area contributed by atoms with Crippen molar-refractivity contribution in [2.75, 3.05) is 18.7 Å². The predicted molar refractivity (Wildman–Crippen MR) is 100 cm³/mol. The Morgan fingerprint density at radius 1 is 1.14 bits per heavy atom. The van der Waals surface area contributed by atoms with E-state index in [-0.39, 0.29) is 6.67 Å². The topological polar surface area (TPSA) is 85.3 Å². The van der Waals surface area contributed by atoms with E-state index in [1.54, 1.807) is 11.7 Å². The molecule has 0 amide bonds. The van der Waals surface area contributed by atoms with Gasteiger partial charge in [0.25, 0.3) is 5.89 Å². The van der Waals surface area contributed by atoms with Gasteiger partial charge in [-0.15, -0.1) is 10.2 Å². The molecule has 0 bridgehead atoms. The number of benzene rings is 1. The first-order valence-corrected chi connectivity index (χ1v) is 9.57. The number of ether oxygens (including phenoxy) is 1. The van der Waals surface area contributed by atoms with Gasteiger partial charge in [0.2, 0.25) is 11.6 Å². The van der Waals surface area contributed by atoms with Gasteiger partial charge < -0.3 is 14.2 Å². The molecule has 1 fully saturated rings. The Balaban J connectivity index is 1.50. The lowest BCUT2D eigenvalue weighted by Gasteiger charge is -2.29. The summed E-state index contributed by atoms with van der Waals surface area (Å²) in [7, 11) is 1.67. The highest BCUT2D eigenvalue weighted by Gasteiger charge is 2.42. The summed E-state index contributed by atoms with van der Waals surface area (Å²) in [5, 5.41) is 13.5. The molecule has 0 radical (unpaired) electrons. The number of aromatic nitrogens is 5. The van der Waals surface area contributed by atoms with Crippen LogP contribution >= 0.6 is 0 Å². The van der Waals surface area contributed by atoms with E-state index in [4.69, 9.17) is 9.26 Å². The highest BCUT2D eigenvalue weighted by molar-refractivity contribution is 5.89. The summed E-state index contributed by atoms with van der Waals surface area (Å²) in [5.41, 5.74) is 1.20. The minimum absolute atomic E-state index is 0.0910. The Kier molecular flexibility index (Phi) is 3.37. The number of halogens is 1. The van der Waals surface area contributed by atoms with Crippen LogP contribution in [0.1, 0.15) is 31.6 Å². The quantitative estimate of drug-likeness (QED) is 0.626. The van der Waals surface area contributed by atoms with Crippen LogP contribution in [0, 0.1) is 0 Å². The molecule has 9 nitrogen and oxygen atoms in total. The first kappa shape index (κ1) is 16.7. The van der Waals surface area contributed by atoms with Gasteiger partial charge in [-0.1, -0.05) is 21.8 Å². The highest BCUT2D eigenvalue weighted by atomic mass is 19.2. The normalized spacial score (nSPS) is 19.2. The summed E-state index contributed by atoms with van der Waals surface area (Å²) in [4.78, 5) is 6.46. The number of rotatable bonds is 3. The second-order valence-electron chi connectivity index (χ2n) is 7.48. The third-order valence-electron chi connectivity index (χ3n) is 5.95. The number of hydrogen-bond acceptors (Lipinski definition) is 8. The SMILES string of the molecule is COC1(c2nc(-c3nnc4n3C3=CN(F)CN3c3ccccc3-4)no2)CCCC1. The molecule has 0 unspecified atom stereocenters. The molecule has 1 aliphatic carbocycles. The molecule has 6 rings (SSSR count). The standard InChI is InChI=1S/C19H18FN7O2/c1-28-19(8-4-5-9-19)18-21-15(24-29-18)17-23-22-16-12-6-2-3-7-13(12)26-11-25(20)10-14(26)27(16)17/h2-3,6-7,10H,4-5,8-9,11H2,1H3. The molecule has 2 aliphatic heterocycles. The summed E-state index contributed by atoms with van der Waals surface area (Å²) in [5.74, 6) is 2.38. The van der Waals surface area contributed by atoms with Crippen molar-refractivity contribution in [1.29, 1.82) is 0 Å². The van der Waals surface area contributed by atoms with Crippen molar-refractivity contribution in [2.24, 2.45) is 0 Å². The van der Waals surface area contributed by atoms with Gasteiger partial charge in [0.05, 0.1) is 11.9 Å². The Hall–Kier alpha value is -3.27. The van der Waals surface area contributed by atoms with Gasteiger partial charge in [-0.05, 0) is 37.8 Å². The first-order chi connectivity index (χ1) is 14.2. The molecule has 0 atom stereocenters. The number of methoxy groups -OCH3 is 1. The smallest absolute Gasteiger partial charge is 0.259 e. The van der Waals surface area contributed by atoms with Crippen molar-refractivity contribution in [1.82, 2.24) is 30.0 Å². The molecule has 0 saturated heterocycles. The zero-order valence-electron chi connectivity index (χ0n) is 15.7. The van der Waals surface area contributed by atoms with Crippen LogP contribution in [0.4, 0.5) is 10.2 Å². The van der Waals surface area contributed by atoms with E-state index in [2.05, 4.69) is 20.3 Å². The molecule has 1 saturated carbocycles. The van der Waals surface area contributed by atoms with Crippen molar-refractivity contribution in [3.8, 4) is 23.0 Å². The van der Waals surface area contributed by atoms with Crippen LogP contribution < -0.4 is 4.90 Å². The van der Waals surface area contributed by atoms with Gasteiger partial charge in [0, 0.05) is 12.7 Å². The van der Waals surface area contributed by atoms with Crippen LogP contribution in [0.25, 0.3) is 28.9 Å². The van der Waals surface area contributed by atoms with E-state index in [1.165, 1.54) is 6.20 Å². The first-order valence-electron chi connectivity index (χ1n) is 9.57. The summed E-state index contributed by atoms with van der Waals surface area (Å²) < 4.78 is 27.2. The van der Waals surface area contributed by atoms with Crippen LogP contribution in [0.2, 0.25) is 0 Å². The van der Waals surface area contributed by atoms with E-state index in [9.17, 15) is 4.48 Å².